The molecule has 4 nitrogen and oxygen atoms in total. The first-order valence-corrected chi connectivity index (χ1v) is 8.16. The van der Waals surface area contributed by atoms with Crippen molar-refractivity contribution in [2.45, 2.75) is 37.5 Å². The molecule has 0 aliphatic carbocycles. The Morgan fingerprint density at radius 3 is 1.88 bits per heavy atom. The minimum Gasteiger partial charge on any atom is -0.347 e. The Morgan fingerprint density at radius 2 is 1.65 bits per heavy atom. The monoisotopic (exact) mass is 303 g/mol. The number of alkyl halides is 2. The van der Waals surface area contributed by atoms with E-state index in [0.29, 0.717) is 6.42 Å². The summed E-state index contributed by atoms with van der Waals surface area (Å²) in [5, 5.41) is 2.64. The molecule has 0 aromatic heterocycles. The lowest BCUT2D eigenvalue weighted by Crippen LogP contribution is -2.58. The van der Waals surface area contributed by atoms with Crippen LogP contribution in [0.15, 0.2) is 0 Å². The van der Waals surface area contributed by atoms with Gasteiger partial charge in [-0.15, -0.1) is 23.2 Å². The van der Waals surface area contributed by atoms with Crippen LogP contribution in [0.25, 0.3) is 0 Å². The number of hydrogen-bond acceptors (Lipinski definition) is 3. The fourth-order valence-electron chi connectivity index (χ4n) is 0.940. The molecule has 0 saturated heterocycles. The maximum atomic E-state index is 12.0. The number of rotatable bonds is 6. The Bertz CT molecular complexity index is 367. The molecule has 1 N–H and O–H groups in total. The highest BCUT2D eigenvalue weighted by Gasteiger charge is 2.42. The third-order valence-electron chi connectivity index (χ3n) is 3.04. The highest BCUT2D eigenvalue weighted by Crippen LogP contribution is 2.20. The van der Waals surface area contributed by atoms with E-state index in [0.717, 1.165) is 6.26 Å². The fraction of sp³-hybridized carbons (Fsp3) is 0.900. The topological polar surface area (TPSA) is 63.2 Å². The van der Waals surface area contributed by atoms with Crippen molar-refractivity contribution in [2.24, 2.45) is 0 Å². The molecule has 17 heavy (non-hydrogen) atoms. The highest BCUT2D eigenvalue weighted by atomic mass is 35.5. The third kappa shape index (κ3) is 3.73. The van der Waals surface area contributed by atoms with Crippen molar-refractivity contribution in [3.05, 3.63) is 0 Å². The van der Waals surface area contributed by atoms with Gasteiger partial charge in [0.25, 0.3) is 0 Å². The van der Waals surface area contributed by atoms with Crippen molar-refractivity contribution in [3.63, 3.8) is 0 Å². The van der Waals surface area contributed by atoms with Crippen LogP contribution in [0.2, 0.25) is 0 Å². The molecule has 0 aliphatic heterocycles. The van der Waals surface area contributed by atoms with Crippen LogP contribution in [0.4, 0.5) is 0 Å². The first-order valence-electron chi connectivity index (χ1n) is 5.20. The predicted molar refractivity (Wildman–Crippen MR) is 71.5 cm³/mol. The van der Waals surface area contributed by atoms with Crippen LogP contribution < -0.4 is 5.32 Å². The van der Waals surface area contributed by atoms with Gasteiger partial charge in [0.15, 0.2) is 9.84 Å². The summed E-state index contributed by atoms with van der Waals surface area (Å²) >= 11 is 11.6. The lowest BCUT2D eigenvalue weighted by Gasteiger charge is -2.33. The third-order valence-corrected chi connectivity index (χ3v) is 6.10. The first kappa shape index (κ1) is 17.0. The maximum absolute atomic E-state index is 12.0. The average Bonchev–Trinajstić information content (AvgIpc) is 2.24. The van der Waals surface area contributed by atoms with E-state index in [2.05, 4.69) is 5.32 Å². The number of hydrogen-bond donors (Lipinski definition) is 1. The lowest BCUT2D eigenvalue weighted by atomic mass is 10.00. The van der Waals surface area contributed by atoms with Crippen LogP contribution in [0.1, 0.15) is 27.2 Å². The number of nitrogens with one attached hydrogen (secondary N) is 1. The predicted octanol–water partition coefficient (Wildman–Crippen LogP) is 1.55. The molecule has 0 rings (SSSR count). The Kier molecular flexibility index (Phi) is 5.76. The molecule has 0 fully saturated rings. The minimum atomic E-state index is -3.50. The van der Waals surface area contributed by atoms with Gasteiger partial charge in [-0.2, -0.15) is 0 Å². The number of halogens is 2. The van der Waals surface area contributed by atoms with Gasteiger partial charge in [0, 0.05) is 18.0 Å². The normalized spacial score (nSPS) is 13.5. The van der Waals surface area contributed by atoms with Gasteiger partial charge in [-0.1, -0.05) is 6.92 Å². The molecule has 102 valence electrons. The molecule has 0 aromatic rings. The number of amides is 1. The van der Waals surface area contributed by atoms with Gasteiger partial charge in [0.1, 0.15) is 4.75 Å². The van der Waals surface area contributed by atoms with Gasteiger partial charge >= 0.3 is 0 Å². The molecular formula is C10H19Cl2NO3S. The van der Waals surface area contributed by atoms with E-state index in [9.17, 15) is 13.2 Å². The summed E-state index contributed by atoms with van der Waals surface area (Å²) in [6.45, 7) is 4.56. The van der Waals surface area contributed by atoms with E-state index in [-0.39, 0.29) is 11.8 Å². The van der Waals surface area contributed by atoms with E-state index in [1.165, 1.54) is 13.8 Å². The second-order valence-electron chi connectivity index (χ2n) is 4.64. The Balaban J connectivity index is 5.11. The summed E-state index contributed by atoms with van der Waals surface area (Å²) in [7, 11) is -3.50. The first-order chi connectivity index (χ1) is 7.56. The molecule has 0 saturated carbocycles. The van der Waals surface area contributed by atoms with Gasteiger partial charge in [-0.25, -0.2) is 8.42 Å². The Labute approximate surface area is 113 Å². The van der Waals surface area contributed by atoms with Gasteiger partial charge in [0.05, 0.1) is 5.54 Å². The van der Waals surface area contributed by atoms with Crippen molar-refractivity contribution in [1.29, 1.82) is 0 Å². The smallest absolute Gasteiger partial charge is 0.241 e. The van der Waals surface area contributed by atoms with Crippen molar-refractivity contribution in [2.75, 3.05) is 18.0 Å². The molecule has 0 radical (unpaired) electrons. The van der Waals surface area contributed by atoms with Gasteiger partial charge < -0.3 is 5.32 Å². The SMILES string of the molecule is CCC(CCl)(CCl)NC(=O)C(C)(C)S(C)(=O)=O. The standard InChI is InChI=1S/C10H19Cl2NO3S/c1-5-10(6-11,7-12)13-8(14)9(2,3)17(4,15)16/h5-7H2,1-4H3,(H,13,14). The van der Waals surface area contributed by atoms with Gasteiger partial charge in [0.2, 0.25) is 5.91 Å². The van der Waals surface area contributed by atoms with E-state index in [1.807, 2.05) is 6.92 Å². The largest absolute Gasteiger partial charge is 0.347 e. The summed E-state index contributed by atoms with van der Waals surface area (Å²) in [5.74, 6) is -0.305. The summed E-state index contributed by atoms with van der Waals surface area (Å²) < 4.78 is 21.5. The highest BCUT2D eigenvalue weighted by molar-refractivity contribution is 7.92. The van der Waals surface area contributed by atoms with E-state index in [1.54, 1.807) is 0 Å². The Morgan fingerprint density at radius 1 is 1.24 bits per heavy atom. The molecule has 0 aliphatic rings. The molecule has 0 unspecified atom stereocenters. The summed E-state index contributed by atoms with van der Waals surface area (Å²) in [6, 6.07) is 0. The second kappa shape index (κ2) is 5.76. The quantitative estimate of drug-likeness (QED) is 0.757. The summed E-state index contributed by atoms with van der Waals surface area (Å²) in [4.78, 5) is 12.0. The Hall–Kier alpha value is -0.000000000000000111. The van der Waals surface area contributed by atoms with Crippen molar-refractivity contribution in [1.82, 2.24) is 5.32 Å². The van der Waals surface area contributed by atoms with Crippen molar-refractivity contribution in [3.8, 4) is 0 Å². The minimum absolute atomic E-state index is 0.137. The molecule has 0 spiro atoms. The molecule has 0 aromatic carbocycles. The van der Waals surface area contributed by atoms with Gasteiger partial charge in [-0.05, 0) is 20.3 Å². The van der Waals surface area contributed by atoms with E-state index >= 15 is 0 Å². The molecule has 7 heteroatoms. The van der Waals surface area contributed by atoms with Crippen LogP contribution in [0.3, 0.4) is 0 Å². The van der Waals surface area contributed by atoms with Crippen LogP contribution in [0, 0.1) is 0 Å². The van der Waals surface area contributed by atoms with Crippen LogP contribution >= 0.6 is 23.2 Å². The van der Waals surface area contributed by atoms with Crippen LogP contribution in [0.5, 0.6) is 0 Å². The number of sulfone groups is 1. The zero-order valence-corrected chi connectivity index (χ0v) is 12.8. The van der Waals surface area contributed by atoms with Crippen molar-refractivity contribution < 1.29 is 13.2 Å². The lowest BCUT2D eigenvalue weighted by molar-refractivity contribution is -0.124. The summed E-state index contributed by atoms with van der Waals surface area (Å²) in [5.41, 5.74) is -0.762. The second-order valence-corrected chi connectivity index (χ2v) is 7.74. The average molecular weight is 304 g/mol. The number of carbonyl (C=O) groups is 1. The van der Waals surface area contributed by atoms with Crippen LogP contribution in [-0.4, -0.2) is 42.6 Å². The van der Waals surface area contributed by atoms with E-state index < -0.39 is 26.0 Å². The molecule has 0 bridgehead atoms. The fourth-order valence-corrected chi connectivity index (χ4v) is 2.12. The van der Waals surface area contributed by atoms with Crippen molar-refractivity contribution >= 4 is 38.9 Å². The molecular weight excluding hydrogens is 285 g/mol. The van der Waals surface area contributed by atoms with E-state index in [4.69, 9.17) is 23.2 Å². The summed E-state index contributed by atoms with van der Waals surface area (Å²) in [6.07, 6.45) is 1.56. The number of carbonyl (C=O) groups excluding carboxylic acids is 1. The molecule has 1 amide bonds. The molecule has 0 atom stereocenters. The maximum Gasteiger partial charge on any atom is 0.241 e. The van der Waals surface area contributed by atoms with Gasteiger partial charge in [-0.3, -0.25) is 4.79 Å². The zero-order valence-electron chi connectivity index (χ0n) is 10.5. The molecule has 0 heterocycles. The van der Waals surface area contributed by atoms with Crippen LogP contribution in [-0.2, 0) is 14.6 Å². The zero-order chi connectivity index (χ0) is 13.9.